The molecule has 0 heterocycles. The summed E-state index contributed by atoms with van der Waals surface area (Å²) in [4.78, 5) is 11.4. The summed E-state index contributed by atoms with van der Waals surface area (Å²) in [6.07, 6.45) is 2.22. The summed E-state index contributed by atoms with van der Waals surface area (Å²) >= 11 is 0. The van der Waals surface area contributed by atoms with Crippen molar-refractivity contribution in [2.24, 2.45) is 0 Å². The van der Waals surface area contributed by atoms with Gasteiger partial charge in [0.2, 0.25) is 5.91 Å². The Kier molecular flexibility index (Phi) is 3.05. The maximum atomic E-state index is 12.9. The normalized spacial score (nSPS) is 14.8. The fraction of sp³-hybridized carbons (Fsp3) is 0.364. The van der Waals surface area contributed by atoms with Crippen LogP contribution in [0.2, 0.25) is 0 Å². The largest absolute Gasteiger partial charge is 0.505 e. The minimum Gasteiger partial charge on any atom is -0.505 e. The zero-order valence-electron chi connectivity index (χ0n) is 8.66. The standard InChI is InChI=1S/C11H13FN2O2/c12-9-5-8(3-4-10(9)15)14-11(16)6-13-7-1-2-7/h3-5,7,13,15H,1-2,6H2,(H,14,16). The molecule has 0 unspecified atom stereocenters. The number of rotatable bonds is 4. The average Bonchev–Trinajstić information content (AvgIpc) is 3.04. The molecule has 0 bridgehead atoms. The molecule has 0 atom stereocenters. The van der Waals surface area contributed by atoms with Gasteiger partial charge in [0.25, 0.3) is 0 Å². The van der Waals surface area contributed by atoms with Gasteiger partial charge >= 0.3 is 0 Å². The number of phenols is 1. The summed E-state index contributed by atoms with van der Waals surface area (Å²) in [6, 6.07) is 4.21. The molecule has 0 saturated heterocycles. The number of phenolic OH excluding ortho intramolecular Hbond substituents is 1. The highest BCUT2D eigenvalue weighted by molar-refractivity contribution is 5.92. The van der Waals surface area contributed by atoms with Crippen molar-refractivity contribution in [2.75, 3.05) is 11.9 Å². The van der Waals surface area contributed by atoms with Crippen molar-refractivity contribution in [1.82, 2.24) is 5.32 Å². The number of amides is 1. The first-order valence-electron chi connectivity index (χ1n) is 5.17. The average molecular weight is 224 g/mol. The quantitative estimate of drug-likeness (QED) is 0.674. The molecular formula is C11H13FN2O2. The van der Waals surface area contributed by atoms with E-state index in [1.54, 1.807) is 0 Å². The van der Waals surface area contributed by atoms with Gasteiger partial charge in [-0.05, 0) is 25.0 Å². The molecule has 1 aromatic rings. The minimum absolute atomic E-state index is 0.211. The molecule has 0 aliphatic heterocycles. The maximum absolute atomic E-state index is 12.9. The zero-order valence-corrected chi connectivity index (χ0v) is 8.66. The van der Waals surface area contributed by atoms with E-state index >= 15 is 0 Å². The molecule has 1 saturated carbocycles. The summed E-state index contributed by atoms with van der Waals surface area (Å²) < 4.78 is 12.9. The Hall–Kier alpha value is -1.62. The van der Waals surface area contributed by atoms with Crippen molar-refractivity contribution in [3.8, 4) is 5.75 Å². The lowest BCUT2D eigenvalue weighted by Gasteiger charge is -2.06. The molecule has 86 valence electrons. The predicted octanol–water partition coefficient (Wildman–Crippen LogP) is 1.22. The van der Waals surface area contributed by atoms with E-state index in [2.05, 4.69) is 10.6 Å². The summed E-state index contributed by atoms with van der Waals surface area (Å²) in [7, 11) is 0. The molecule has 2 rings (SSSR count). The molecule has 1 aromatic carbocycles. The van der Waals surface area contributed by atoms with Crippen LogP contribution in [0.5, 0.6) is 5.75 Å². The molecule has 4 nitrogen and oxygen atoms in total. The number of carbonyl (C=O) groups excluding carboxylic acids is 1. The molecule has 5 heteroatoms. The highest BCUT2D eigenvalue weighted by atomic mass is 19.1. The van der Waals surface area contributed by atoms with Crippen molar-refractivity contribution < 1.29 is 14.3 Å². The van der Waals surface area contributed by atoms with E-state index in [9.17, 15) is 9.18 Å². The van der Waals surface area contributed by atoms with Gasteiger partial charge in [-0.3, -0.25) is 4.79 Å². The minimum atomic E-state index is -0.743. The fourth-order valence-corrected chi connectivity index (χ4v) is 1.31. The Labute approximate surface area is 92.5 Å². The summed E-state index contributed by atoms with van der Waals surface area (Å²) in [5, 5.41) is 14.6. The van der Waals surface area contributed by atoms with Gasteiger partial charge < -0.3 is 15.7 Å². The molecule has 3 N–H and O–H groups in total. The van der Waals surface area contributed by atoms with Gasteiger partial charge in [-0.15, -0.1) is 0 Å². The van der Waals surface area contributed by atoms with E-state index in [0.29, 0.717) is 11.7 Å². The first-order chi connectivity index (χ1) is 7.65. The number of hydrogen-bond acceptors (Lipinski definition) is 3. The van der Waals surface area contributed by atoms with E-state index in [-0.39, 0.29) is 12.5 Å². The van der Waals surface area contributed by atoms with Gasteiger partial charge in [0.05, 0.1) is 6.54 Å². The Morgan fingerprint density at radius 1 is 1.50 bits per heavy atom. The number of carbonyl (C=O) groups is 1. The third-order valence-electron chi connectivity index (χ3n) is 2.36. The third-order valence-corrected chi connectivity index (χ3v) is 2.36. The lowest BCUT2D eigenvalue weighted by Crippen LogP contribution is -2.29. The second kappa shape index (κ2) is 4.49. The van der Waals surface area contributed by atoms with Gasteiger partial charge in [-0.25, -0.2) is 4.39 Å². The van der Waals surface area contributed by atoms with Crippen molar-refractivity contribution in [1.29, 1.82) is 0 Å². The van der Waals surface area contributed by atoms with Crippen LogP contribution in [0.15, 0.2) is 18.2 Å². The van der Waals surface area contributed by atoms with Crippen LogP contribution < -0.4 is 10.6 Å². The topological polar surface area (TPSA) is 61.4 Å². The zero-order chi connectivity index (χ0) is 11.5. The Morgan fingerprint density at radius 3 is 2.88 bits per heavy atom. The molecule has 1 fully saturated rings. The van der Waals surface area contributed by atoms with Crippen LogP contribution in [0.4, 0.5) is 10.1 Å². The lowest BCUT2D eigenvalue weighted by molar-refractivity contribution is -0.115. The molecule has 1 aliphatic rings. The second-order valence-electron chi connectivity index (χ2n) is 3.87. The van der Waals surface area contributed by atoms with E-state index in [1.165, 1.54) is 12.1 Å². The Balaban J connectivity index is 1.86. The van der Waals surface area contributed by atoms with E-state index in [0.717, 1.165) is 18.9 Å². The van der Waals surface area contributed by atoms with E-state index in [1.807, 2.05) is 0 Å². The van der Waals surface area contributed by atoms with E-state index in [4.69, 9.17) is 5.11 Å². The number of halogens is 1. The van der Waals surface area contributed by atoms with Gasteiger partial charge in [-0.1, -0.05) is 0 Å². The van der Waals surface area contributed by atoms with Crippen molar-refractivity contribution >= 4 is 11.6 Å². The van der Waals surface area contributed by atoms with Gasteiger partial charge in [-0.2, -0.15) is 0 Å². The van der Waals surface area contributed by atoms with Crippen LogP contribution in [-0.2, 0) is 4.79 Å². The van der Waals surface area contributed by atoms with Crippen LogP contribution in [0, 0.1) is 5.82 Å². The van der Waals surface area contributed by atoms with Crippen molar-refractivity contribution in [3.63, 3.8) is 0 Å². The first-order valence-corrected chi connectivity index (χ1v) is 5.17. The first kappa shape index (κ1) is 10.9. The maximum Gasteiger partial charge on any atom is 0.238 e. The van der Waals surface area contributed by atoms with Crippen LogP contribution in [0.3, 0.4) is 0 Å². The van der Waals surface area contributed by atoms with Crippen molar-refractivity contribution in [2.45, 2.75) is 18.9 Å². The second-order valence-corrected chi connectivity index (χ2v) is 3.87. The Bertz CT molecular complexity index is 405. The SMILES string of the molecule is O=C(CNC1CC1)Nc1ccc(O)c(F)c1. The monoisotopic (exact) mass is 224 g/mol. The van der Waals surface area contributed by atoms with E-state index < -0.39 is 11.6 Å². The Morgan fingerprint density at radius 2 is 2.25 bits per heavy atom. The lowest BCUT2D eigenvalue weighted by atomic mass is 10.3. The highest BCUT2D eigenvalue weighted by Crippen LogP contribution is 2.20. The number of aromatic hydroxyl groups is 1. The molecule has 0 radical (unpaired) electrons. The molecule has 0 spiro atoms. The smallest absolute Gasteiger partial charge is 0.238 e. The van der Waals surface area contributed by atoms with Crippen LogP contribution in [0.1, 0.15) is 12.8 Å². The molecule has 16 heavy (non-hydrogen) atoms. The summed E-state index contributed by atoms with van der Waals surface area (Å²) in [5.74, 6) is -1.38. The molecule has 1 aliphatic carbocycles. The highest BCUT2D eigenvalue weighted by Gasteiger charge is 2.21. The van der Waals surface area contributed by atoms with Gasteiger partial charge in [0.1, 0.15) is 0 Å². The number of nitrogens with one attached hydrogen (secondary N) is 2. The molecule has 0 aromatic heterocycles. The molecule has 1 amide bonds. The summed E-state index contributed by atoms with van der Waals surface area (Å²) in [5.41, 5.74) is 0.345. The van der Waals surface area contributed by atoms with Crippen LogP contribution >= 0.6 is 0 Å². The van der Waals surface area contributed by atoms with Crippen LogP contribution in [0.25, 0.3) is 0 Å². The number of hydrogen-bond donors (Lipinski definition) is 3. The van der Waals surface area contributed by atoms with Crippen molar-refractivity contribution in [3.05, 3.63) is 24.0 Å². The molecular weight excluding hydrogens is 211 g/mol. The third kappa shape index (κ3) is 2.93. The number of anilines is 1. The number of benzene rings is 1. The van der Waals surface area contributed by atoms with Gasteiger partial charge in [0.15, 0.2) is 11.6 Å². The van der Waals surface area contributed by atoms with Gasteiger partial charge in [0, 0.05) is 17.8 Å². The fourth-order valence-electron chi connectivity index (χ4n) is 1.31. The summed E-state index contributed by atoms with van der Waals surface area (Å²) in [6.45, 7) is 0.229. The predicted molar refractivity (Wildman–Crippen MR) is 57.7 cm³/mol. The van der Waals surface area contributed by atoms with Crippen LogP contribution in [-0.4, -0.2) is 23.6 Å².